The molecule has 0 amide bonds. The van der Waals surface area contributed by atoms with E-state index in [1.54, 1.807) is 7.05 Å². The van der Waals surface area contributed by atoms with E-state index in [1.807, 2.05) is 0 Å². The largest absolute Gasteiger partial charge is 0.292 e. The van der Waals surface area contributed by atoms with Crippen molar-refractivity contribution in [3.8, 4) is 0 Å². The standard InChI is InChI=1S/C8H11N3O3S/c1-11-9-4-7(10-11)8(12)6-2-3-15(13,14)5-6/h4,6H,2-3,5H2,1H3. The maximum atomic E-state index is 11.8. The molecule has 1 aromatic heterocycles. The van der Waals surface area contributed by atoms with Gasteiger partial charge in [-0.2, -0.15) is 15.0 Å². The zero-order valence-electron chi connectivity index (χ0n) is 8.25. The number of carbonyl (C=O) groups excluding carboxylic acids is 1. The first-order valence-electron chi connectivity index (χ1n) is 4.59. The number of aromatic nitrogens is 3. The third-order valence-corrected chi connectivity index (χ3v) is 4.22. The van der Waals surface area contributed by atoms with Crippen molar-refractivity contribution in [2.75, 3.05) is 11.5 Å². The van der Waals surface area contributed by atoms with Crippen LogP contribution in [-0.2, 0) is 16.9 Å². The summed E-state index contributed by atoms with van der Waals surface area (Å²) in [6.07, 6.45) is 1.77. The Kier molecular flexibility index (Phi) is 2.34. The topological polar surface area (TPSA) is 81.9 Å². The molecule has 1 atom stereocenters. The van der Waals surface area contributed by atoms with Gasteiger partial charge < -0.3 is 0 Å². The number of Topliss-reactive ketones (excluding diaryl/α,β-unsaturated/α-hetero) is 1. The molecular formula is C8H11N3O3S. The van der Waals surface area contributed by atoms with Gasteiger partial charge in [-0.1, -0.05) is 0 Å². The Morgan fingerprint density at radius 1 is 1.60 bits per heavy atom. The lowest BCUT2D eigenvalue weighted by Crippen LogP contribution is -2.17. The molecule has 1 fully saturated rings. The summed E-state index contributed by atoms with van der Waals surface area (Å²) in [4.78, 5) is 13.1. The summed E-state index contributed by atoms with van der Waals surface area (Å²) in [6, 6.07) is 0. The van der Waals surface area contributed by atoms with Crippen molar-refractivity contribution in [2.24, 2.45) is 13.0 Å². The van der Waals surface area contributed by atoms with E-state index >= 15 is 0 Å². The average molecular weight is 229 g/mol. The van der Waals surface area contributed by atoms with Crippen LogP contribution in [0.5, 0.6) is 0 Å². The quantitative estimate of drug-likeness (QED) is 0.634. The summed E-state index contributed by atoms with van der Waals surface area (Å²) in [5.41, 5.74) is 0.250. The van der Waals surface area contributed by atoms with Crippen molar-refractivity contribution < 1.29 is 13.2 Å². The van der Waals surface area contributed by atoms with E-state index in [9.17, 15) is 13.2 Å². The van der Waals surface area contributed by atoms with Gasteiger partial charge in [-0.25, -0.2) is 8.42 Å². The van der Waals surface area contributed by atoms with Crippen LogP contribution in [0.1, 0.15) is 16.9 Å². The Hall–Kier alpha value is -1.24. The molecule has 0 aliphatic carbocycles. The van der Waals surface area contributed by atoms with Crippen LogP contribution in [0.4, 0.5) is 0 Å². The van der Waals surface area contributed by atoms with Gasteiger partial charge in [0.1, 0.15) is 5.69 Å². The van der Waals surface area contributed by atoms with E-state index in [4.69, 9.17) is 0 Å². The highest BCUT2D eigenvalue weighted by atomic mass is 32.2. The molecule has 1 unspecified atom stereocenters. The van der Waals surface area contributed by atoms with Crippen LogP contribution in [0, 0.1) is 5.92 Å². The van der Waals surface area contributed by atoms with Crippen LogP contribution in [0.15, 0.2) is 6.20 Å². The summed E-state index contributed by atoms with van der Waals surface area (Å²) in [5.74, 6) is -0.609. The van der Waals surface area contributed by atoms with Crippen molar-refractivity contribution in [3.63, 3.8) is 0 Å². The van der Waals surface area contributed by atoms with Crippen molar-refractivity contribution in [3.05, 3.63) is 11.9 Å². The van der Waals surface area contributed by atoms with Gasteiger partial charge in [0.25, 0.3) is 0 Å². The second kappa shape index (κ2) is 3.41. The minimum Gasteiger partial charge on any atom is -0.292 e. The molecule has 1 saturated heterocycles. The van der Waals surface area contributed by atoms with Crippen LogP contribution in [0.3, 0.4) is 0 Å². The molecule has 0 N–H and O–H groups in total. The third kappa shape index (κ3) is 2.06. The van der Waals surface area contributed by atoms with Gasteiger partial charge in [0, 0.05) is 13.0 Å². The molecule has 0 bridgehead atoms. The van der Waals surface area contributed by atoms with E-state index in [0.717, 1.165) is 0 Å². The Morgan fingerprint density at radius 2 is 2.33 bits per heavy atom. The van der Waals surface area contributed by atoms with E-state index in [0.29, 0.717) is 6.42 Å². The third-order valence-electron chi connectivity index (χ3n) is 2.46. The van der Waals surface area contributed by atoms with E-state index in [1.165, 1.54) is 11.0 Å². The highest BCUT2D eigenvalue weighted by Gasteiger charge is 2.34. The van der Waals surface area contributed by atoms with Gasteiger partial charge >= 0.3 is 0 Å². The van der Waals surface area contributed by atoms with Crippen LogP contribution in [-0.4, -0.2) is 40.7 Å². The number of hydrogen-bond acceptors (Lipinski definition) is 5. The minimum absolute atomic E-state index is 0.0532. The number of ketones is 1. The second-order valence-corrected chi connectivity index (χ2v) is 5.91. The first kappa shape index (κ1) is 10.3. The molecule has 1 aliphatic rings. The van der Waals surface area contributed by atoms with Gasteiger partial charge in [0.05, 0.1) is 17.7 Å². The van der Waals surface area contributed by atoms with Gasteiger partial charge in [-0.3, -0.25) is 4.79 Å². The molecule has 0 radical (unpaired) electrons. The molecule has 7 heteroatoms. The second-order valence-electron chi connectivity index (χ2n) is 3.68. The molecule has 0 saturated carbocycles. The number of nitrogens with zero attached hydrogens (tertiary/aromatic N) is 3. The Bertz CT molecular complexity index is 491. The summed E-state index contributed by atoms with van der Waals surface area (Å²) in [5, 5.41) is 7.64. The Labute approximate surface area is 87.2 Å². The molecule has 2 rings (SSSR count). The van der Waals surface area contributed by atoms with Crippen LogP contribution >= 0.6 is 0 Å². The predicted octanol–water partition coefficient (Wildman–Crippen LogP) is -0.568. The zero-order valence-corrected chi connectivity index (χ0v) is 9.07. The van der Waals surface area contributed by atoms with Gasteiger partial charge in [-0.15, -0.1) is 0 Å². The molecular weight excluding hydrogens is 218 g/mol. The monoisotopic (exact) mass is 229 g/mol. The number of carbonyl (C=O) groups is 1. The summed E-state index contributed by atoms with van der Waals surface area (Å²) >= 11 is 0. The number of hydrogen-bond donors (Lipinski definition) is 0. The normalized spacial score (nSPS) is 24.2. The predicted molar refractivity (Wildman–Crippen MR) is 52.1 cm³/mol. The fourth-order valence-corrected chi connectivity index (χ4v) is 3.41. The van der Waals surface area contributed by atoms with Crippen LogP contribution in [0.25, 0.3) is 0 Å². The average Bonchev–Trinajstić information content (AvgIpc) is 2.71. The number of sulfone groups is 1. The lowest BCUT2D eigenvalue weighted by molar-refractivity contribution is 0.0927. The summed E-state index contributed by atoms with van der Waals surface area (Å²) in [6.45, 7) is 0. The summed E-state index contributed by atoms with van der Waals surface area (Å²) in [7, 11) is -1.40. The highest BCUT2D eigenvalue weighted by molar-refractivity contribution is 7.91. The minimum atomic E-state index is -3.02. The first-order valence-corrected chi connectivity index (χ1v) is 6.41. The smallest absolute Gasteiger partial charge is 0.188 e. The fourth-order valence-electron chi connectivity index (χ4n) is 1.67. The molecule has 2 heterocycles. The Balaban J connectivity index is 2.17. The number of aryl methyl sites for hydroxylation is 1. The zero-order chi connectivity index (χ0) is 11.1. The van der Waals surface area contributed by atoms with Crippen LogP contribution < -0.4 is 0 Å². The first-order chi connectivity index (χ1) is 6.98. The van der Waals surface area contributed by atoms with E-state index < -0.39 is 15.8 Å². The van der Waals surface area contributed by atoms with Gasteiger partial charge in [0.2, 0.25) is 0 Å². The number of rotatable bonds is 2. The van der Waals surface area contributed by atoms with Crippen molar-refractivity contribution in [1.29, 1.82) is 0 Å². The van der Waals surface area contributed by atoms with Crippen molar-refractivity contribution >= 4 is 15.6 Å². The maximum Gasteiger partial charge on any atom is 0.188 e. The van der Waals surface area contributed by atoms with E-state index in [-0.39, 0.29) is 23.0 Å². The highest BCUT2D eigenvalue weighted by Crippen LogP contribution is 2.21. The lowest BCUT2D eigenvalue weighted by atomic mass is 10.0. The summed E-state index contributed by atoms with van der Waals surface area (Å²) < 4.78 is 22.4. The molecule has 1 aliphatic heterocycles. The molecule has 6 nitrogen and oxygen atoms in total. The SMILES string of the molecule is Cn1ncc(C(=O)C2CCS(=O)(=O)C2)n1. The molecule has 82 valence electrons. The maximum absolute atomic E-state index is 11.8. The molecule has 0 aromatic carbocycles. The van der Waals surface area contributed by atoms with Crippen molar-refractivity contribution in [2.45, 2.75) is 6.42 Å². The molecule has 0 spiro atoms. The fraction of sp³-hybridized carbons (Fsp3) is 0.625. The lowest BCUT2D eigenvalue weighted by Gasteiger charge is -2.01. The van der Waals surface area contributed by atoms with Crippen LogP contribution in [0.2, 0.25) is 0 Å². The van der Waals surface area contributed by atoms with Gasteiger partial charge in [-0.05, 0) is 6.42 Å². The molecule has 15 heavy (non-hydrogen) atoms. The van der Waals surface area contributed by atoms with Gasteiger partial charge in [0.15, 0.2) is 15.6 Å². The van der Waals surface area contributed by atoms with Crippen molar-refractivity contribution in [1.82, 2.24) is 15.0 Å². The molecule has 1 aromatic rings. The van der Waals surface area contributed by atoms with E-state index in [2.05, 4.69) is 10.2 Å². The Morgan fingerprint density at radius 3 is 2.80 bits per heavy atom.